The Morgan fingerprint density at radius 2 is 2.06 bits per heavy atom. The average Bonchev–Trinajstić information content (AvgIpc) is 2.61. The van der Waals surface area contributed by atoms with E-state index in [0.29, 0.717) is 5.69 Å². The predicted octanol–water partition coefficient (Wildman–Crippen LogP) is 1.69. The second-order valence-corrected chi connectivity index (χ2v) is 3.64. The highest BCUT2D eigenvalue weighted by molar-refractivity contribution is 6.30. The van der Waals surface area contributed by atoms with Crippen molar-refractivity contribution in [2.45, 2.75) is 6.42 Å². The average molecular weight is 256 g/mol. The fourth-order valence-electron chi connectivity index (χ4n) is 1.36. The first-order valence-corrected chi connectivity index (χ1v) is 5.03. The topological polar surface area (TPSA) is 68.0 Å². The van der Waals surface area contributed by atoms with E-state index in [0.717, 1.165) is 0 Å². The molecule has 0 amide bonds. The van der Waals surface area contributed by atoms with Crippen molar-refractivity contribution in [1.29, 1.82) is 0 Å². The second-order valence-electron chi connectivity index (χ2n) is 3.29. The van der Waals surface area contributed by atoms with E-state index >= 15 is 0 Å². The van der Waals surface area contributed by atoms with Gasteiger partial charge in [0.05, 0.1) is 17.8 Å². The number of halogens is 2. The van der Waals surface area contributed by atoms with Crippen molar-refractivity contribution in [3.63, 3.8) is 0 Å². The second kappa shape index (κ2) is 4.50. The highest BCUT2D eigenvalue weighted by Crippen LogP contribution is 2.17. The van der Waals surface area contributed by atoms with E-state index in [4.69, 9.17) is 16.7 Å². The van der Waals surface area contributed by atoms with Crippen molar-refractivity contribution in [3.05, 3.63) is 40.9 Å². The first kappa shape index (κ1) is 11.5. The van der Waals surface area contributed by atoms with Crippen LogP contribution in [0.2, 0.25) is 5.15 Å². The summed E-state index contributed by atoms with van der Waals surface area (Å²) >= 11 is 5.74. The molecule has 2 rings (SSSR count). The van der Waals surface area contributed by atoms with Gasteiger partial charge in [-0.2, -0.15) is 0 Å². The summed E-state index contributed by atoms with van der Waals surface area (Å²) in [6.07, 6.45) is -0.302. The molecule has 0 bridgehead atoms. The minimum Gasteiger partial charge on any atom is -0.481 e. The number of carboxylic acid groups (broad SMARTS) is 1. The Morgan fingerprint density at radius 3 is 2.65 bits per heavy atom. The summed E-state index contributed by atoms with van der Waals surface area (Å²) in [5.74, 6) is -1.43. The lowest BCUT2D eigenvalue weighted by molar-refractivity contribution is -0.136. The van der Waals surface area contributed by atoms with Gasteiger partial charge in [0.15, 0.2) is 5.15 Å². The van der Waals surface area contributed by atoms with Gasteiger partial charge in [0.25, 0.3) is 0 Å². The SMILES string of the molecule is O=C(O)Cc1c(Cl)nnn1-c1ccc(F)cc1. The van der Waals surface area contributed by atoms with E-state index in [2.05, 4.69) is 10.3 Å². The molecule has 0 unspecified atom stereocenters. The van der Waals surface area contributed by atoms with Crippen LogP contribution in [0.5, 0.6) is 0 Å². The number of hydrogen-bond acceptors (Lipinski definition) is 3. The van der Waals surface area contributed by atoms with Gasteiger partial charge in [-0.05, 0) is 24.3 Å². The van der Waals surface area contributed by atoms with Crippen LogP contribution in [0.15, 0.2) is 24.3 Å². The molecule has 0 aliphatic heterocycles. The van der Waals surface area contributed by atoms with Gasteiger partial charge in [-0.25, -0.2) is 9.07 Å². The number of aliphatic carboxylic acids is 1. The molecule has 2 aromatic rings. The summed E-state index contributed by atoms with van der Waals surface area (Å²) in [5.41, 5.74) is 0.757. The number of aromatic nitrogens is 3. The van der Waals surface area contributed by atoms with Crippen LogP contribution >= 0.6 is 11.6 Å². The minimum absolute atomic E-state index is 0.0247. The van der Waals surface area contributed by atoms with Gasteiger partial charge in [0.2, 0.25) is 0 Å². The number of hydrogen-bond donors (Lipinski definition) is 1. The Hall–Kier alpha value is -1.95. The van der Waals surface area contributed by atoms with Crippen LogP contribution in [0.4, 0.5) is 4.39 Å². The Balaban J connectivity index is 2.45. The van der Waals surface area contributed by atoms with Crippen molar-refractivity contribution >= 4 is 17.6 Å². The van der Waals surface area contributed by atoms with E-state index < -0.39 is 5.97 Å². The monoisotopic (exact) mass is 255 g/mol. The lowest BCUT2D eigenvalue weighted by Gasteiger charge is -2.04. The van der Waals surface area contributed by atoms with Gasteiger partial charge in [0.1, 0.15) is 5.82 Å². The van der Waals surface area contributed by atoms with Crippen molar-refractivity contribution in [2.75, 3.05) is 0 Å². The van der Waals surface area contributed by atoms with Crippen LogP contribution in [0, 0.1) is 5.82 Å². The van der Waals surface area contributed by atoms with Gasteiger partial charge < -0.3 is 5.11 Å². The highest BCUT2D eigenvalue weighted by atomic mass is 35.5. The van der Waals surface area contributed by atoms with Crippen LogP contribution in [0.3, 0.4) is 0 Å². The normalized spacial score (nSPS) is 10.5. The number of carboxylic acids is 1. The van der Waals surface area contributed by atoms with Crippen molar-refractivity contribution in [2.24, 2.45) is 0 Å². The first-order valence-electron chi connectivity index (χ1n) is 4.65. The number of benzene rings is 1. The minimum atomic E-state index is -1.04. The summed E-state index contributed by atoms with van der Waals surface area (Å²) in [6.45, 7) is 0. The van der Waals surface area contributed by atoms with Gasteiger partial charge >= 0.3 is 5.97 Å². The third-order valence-electron chi connectivity index (χ3n) is 2.11. The highest BCUT2D eigenvalue weighted by Gasteiger charge is 2.15. The van der Waals surface area contributed by atoms with Crippen molar-refractivity contribution < 1.29 is 14.3 Å². The predicted molar refractivity (Wildman–Crippen MR) is 57.7 cm³/mol. The molecule has 7 heteroatoms. The van der Waals surface area contributed by atoms with Crippen LogP contribution in [0.25, 0.3) is 5.69 Å². The zero-order chi connectivity index (χ0) is 12.4. The maximum Gasteiger partial charge on any atom is 0.309 e. The molecule has 5 nitrogen and oxygen atoms in total. The van der Waals surface area contributed by atoms with Gasteiger partial charge in [-0.15, -0.1) is 5.10 Å². The van der Waals surface area contributed by atoms with Crippen molar-refractivity contribution in [3.8, 4) is 5.69 Å². The van der Waals surface area contributed by atoms with Gasteiger partial charge in [0, 0.05) is 0 Å². The van der Waals surface area contributed by atoms with E-state index in [-0.39, 0.29) is 23.1 Å². The molecule has 0 fully saturated rings. The van der Waals surface area contributed by atoms with Crippen LogP contribution < -0.4 is 0 Å². The van der Waals surface area contributed by atoms with Crippen LogP contribution in [-0.2, 0) is 11.2 Å². The standard InChI is InChI=1S/C10H7ClFN3O2/c11-10-8(5-9(16)17)15(14-13-10)7-3-1-6(12)2-4-7/h1-4H,5H2,(H,16,17). The quantitative estimate of drug-likeness (QED) is 0.906. The van der Waals surface area contributed by atoms with E-state index in [1.54, 1.807) is 0 Å². The lowest BCUT2D eigenvalue weighted by Crippen LogP contribution is -2.08. The molecule has 0 aliphatic carbocycles. The Morgan fingerprint density at radius 1 is 1.41 bits per heavy atom. The Labute approximate surface area is 100 Å². The summed E-state index contributed by atoms with van der Waals surface area (Å²) in [4.78, 5) is 10.7. The molecule has 1 aromatic carbocycles. The van der Waals surface area contributed by atoms with E-state index in [1.165, 1.54) is 28.9 Å². The van der Waals surface area contributed by atoms with Crippen LogP contribution in [-0.4, -0.2) is 26.1 Å². The fraction of sp³-hybridized carbons (Fsp3) is 0.100. The Bertz CT molecular complexity index is 553. The smallest absolute Gasteiger partial charge is 0.309 e. The van der Waals surface area contributed by atoms with E-state index in [1.807, 2.05) is 0 Å². The molecular formula is C10H7ClFN3O2. The molecule has 1 heterocycles. The van der Waals surface area contributed by atoms with Gasteiger partial charge in [-0.3, -0.25) is 4.79 Å². The zero-order valence-electron chi connectivity index (χ0n) is 8.47. The number of carbonyl (C=O) groups is 1. The Kier molecular flexibility index (Phi) is 3.06. The maximum absolute atomic E-state index is 12.8. The molecule has 0 saturated heterocycles. The molecule has 0 spiro atoms. The molecule has 88 valence electrons. The number of nitrogens with zero attached hydrogens (tertiary/aromatic N) is 3. The molecular weight excluding hydrogens is 249 g/mol. The summed E-state index contributed by atoms with van der Waals surface area (Å²) in [5, 5.41) is 16.1. The third-order valence-corrected chi connectivity index (χ3v) is 2.40. The van der Waals surface area contributed by atoms with Crippen molar-refractivity contribution in [1.82, 2.24) is 15.0 Å². The summed E-state index contributed by atoms with van der Waals surface area (Å²) in [6, 6.07) is 5.42. The lowest BCUT2D eigenvalue weighted by atomic mass is 10.3. The first-order chi connectivity index (χ1) is 8.08. The maximum atomic E-state index is 12.8. The molecule has 0 saturated carbocycles. The molecule has 0 aliphatic rings. The molecule has 17 heavy (non-hydrogen) atoms. The molecule has 0 radical (unpaired) electrons. The van der Waals surface area contributed by atoms with Crippen LogP contribution in [0.1, 0.15) is 5.69 Å². The molecule has 0 atom stereocenters. The zero-order valence-corrected chi connectivity index (χ0v) is 9.23. The molecule has 1 N–H and O–H groups in total. The summed E-state index contributed by atoms with van der Waals surface area (Å²) < 4.78 is 14.0. The number of rotatable bonds is 3. The fourth-order valence-corrected chi connectivity index (χ4v) is 1.54. The third kappa shape index (κ3) is 2.42. The van der Waals surface area contributed by atoms with E-state index in [9.17, 15) is 9.18 Å². The van der Waals surface area contributed by atoms with Gasteiger partial charge in [-0.1, -0.05) is 16.8 Å². The summed E-state index contributed by atoms with van der Waals surface area (Å²) in [7, 11) is 0. The molecule has 1 aromatic heterocycles. The largest absolute Gasteiger partial charge is 0.481 e.